The summed E-state index contributed by atoms with van der Waals surface area (Å²) < 4.78 is 0. The number of fused-ring (bicyclic) bond motifs is 5. The Balaban J connectivity index is 1.68. The number of hydrogen-bond acceptors (Lipinski definition) is 1. The minimum absolute atomic E-state index is 0.173. The van der Waals surface area contributed by atoms with Crippen LogP contribution in [0.4, 0.5) is 0 Å². The summed E-state index contributed by atoms with van der Waals surface area (Å²) in [6.45, 7) is 12.2. The Bertz CT molecular complexity index is 548. The molecule has 0 radical (unpaired) electrons. The molecule has 1 N–H and O–H groups in total. The van der Waals surface area contributed by atoms with Crippen LogP contribution in [0.15, 0.2) is 12.2 Å². The zero-order valence-corrected chi connectivity index (χ0v) is 16.6. The Kier molecular flexibility index (Phi) is 3.65. The van der Waals surface area contributed by atoms with Crippen molar-refractivity contribution in [2.75, 3.05) is 0 Å². The summed E-state index contributed by atoms with van der Waals surface area (Å²) in [6.07, 6.45) is 14.9. The maximum Gasteiger partial charge on any atom is 0.0701 e. The lowest BCUT2D eigenvalue weighted by atomic mass is 9.42. The van der Waals surface area contributed by atoms with Crippen LogP contribution in [0.2, 0.25) is 0 Å². The molecule has 7 atom stereocenters. The number of allylic oxidation sites excluding steroid dienone is 2. The van der Waals surface area contributed by atoms with Crippen LogP contribution in [-0.4, -0.2) is 10.7 Å². The molecule has 4 aliphatic carbocycles. The van der Waals surface area contributed by atoms with Gasteiger partial charge in [0.15, 0.2) is 0 Å². The molecule has 4 rings (SSSR count). The minimum atomic E-state index is -0.397. The molecule has 0 saturated heterocycles. The smallest absolute Gasteiger partial charge is 0.0701 e. The largest absolute Gasteiger partial charge is 0.389 e. The summed E-state index contributed by atoms with van der Waals surface area (Å²) in [5, 5.41) is 11.3. The highest BCUT2D eigenvalue weighted by Crippen LogP contribution is 2.69. The fourth-order valence-corrected chi connectivity index (χ4v) is 8.40. The molecule has 0 unspecified atom stereocenters. The molecule has 1 heteroatoms. The molecular weight excluding hydrogens is 292 g/mol. The summed E-state index contributed by atoms with van der Waals surface area (Å²) in [5.74, 6) is 3.32. The highest BCUT2D eigenvalue weighted by Gasteiger charge is 2.64. The third kappa shape index (κ3) is 1.97. The van der Waals surface area contributed by atoms with Crippen molar-refractivity contribution < 1.29 is 5.11 Å². The fourth-order valence-electron chi connectivity index (χ4n) is 8.40. The summed E-state index contributed by atoms with van der Waals surface area (Å²) in [7, 11) is 0. The topological polar surface area (TPSA) is 20.2 Å². The normalized spacial score (nSPS) is 55.6. The van der Waals surface area contributed by atoms with E-state index in [9.17, 15) is 5.11 Å². The average Bonchev–Trinajstić information content (AvgIpc) is 2.79. The van der Waals surface area contributed by atoms with Crippen LogP contribution in [-0.2, 0) is 0 Å². The van der Waals surface area contributed by atoms with E-state index >= 15 is 0 Å². The van der Waals surface area contributed by atoms with Gasteiger partial charge < -0.3 is 5.11 Å². The monoisotopic (exact) mass is 330 g/mol. The lowest BCUT2D eigenvalue weighted by Crippen LogP contribution is -2.57. The van der Waals surface area contributed by atoms with Gasteiger partial charge in [-0.2, -0.15) is 0 Å². The Hall–Kier alpha value is -0.300. The second-order valence-electron chi connectivity index (χ2n) is 10.8. The maximum atomic E-state index is 11.3. The van der Waals surface area contributed by atoms with Gasteiger partial charge in [-0.1, -0.05) is 46.8 Å². The Labute approximate surface area is 149 Å². The Morgan fingerprint density at radius 2 is 1.67 bits per heavy atom. The maximum absolute atomic E-state index is 11.3. The van der Waals surface area contributed by atoms with Gasteiger partial charge in [-0.05, 0) is 91.3 Å². The number of hydrogen-bond donors (Lipinski definition) is 1. The van der Waals surface area contributed by atoms with Gasteiger partial charge in [-0.25, -0.2) is 0 Å². The quantitative estimate of drug-likeness (QED) is 0.587. The van der Waals surface area contributed by atoms with Gasteiger partial charge in [0.2, 0.25) is 0 Å². The van der Waals surface area contributed by atoms with E-state index in [0.717, 1.165) is 36.5 Å². The van der Waals surface area contributed by atoms with Crippen LogP contribution in [0.1, 0.15) is 86.0 Å². The van der Waals surface area contributed by atoms with Crippen LogP contribution < -0.4 is 0 Å². The van der Waals surface area contributed by atoms with Crippen molar-refractivity contribution in [2.24, 2.45) is 39.9 Å². The molecule has 0 heterocycles. The first-order chi connectivity index (χ1) is 11.2. The van der Waals surface area contributed by atoms with Crippen molar-refractivity contribution in [2.45, 2.75) is 91.6 Å². The fraction of sp³-hybridized carbons (Fsp3) is 0.913. The standard InChI is InChI=1S/C23H38O/c1-6-23(24)15-11-18-16-8-9-19-20(2,3)12-7-13-21(19,4)17(16)10-14-22(18,23)5/h7,12,16-19,24H,6,8-11,13-15H2,1-5H3/t16-,17+,18+,19+,21-,22+,23-/m1/s1. The van der Waals surface area contributed by atoms with Gasteiger partial charge in [0.1, 0.15) is 0 Å². The van der Waals surface area contributed by atoms with Gasteiger partial charge in [0.25, 0.3) is 0 Å². The van der Waals surface area contributed by atoms with Gasteiger partial charge in [0, 0.05) is 0 Å². The van der Waals surface area contributed by atoms with Crippen LogP contribution in [0.25, 0.3) is 0 Å². The van der Waals surface area contributed by atoms with Gasteiger partial charge in [-0.3, -0.25) is 0 Å². The lowest BCUT2D eigenvalue weighted by molar-refractivity contribution is -0.156. The summed E-state index contributed by atoms with van der Waals surface area (Å²) in [5.41, 5.74) is 0.617. The van der Waals surface area contributed by atoms with Crippen molar-refractivity contribution in [1.29, 1.82) is 0 Å². The summed E-state index contributed by atoms with van der Waals surface area (Å²) in [6, 6.07) is 0. The Morgan fingerprint density at radius 1 is 0.958 bits per heavy atom. The molecule has 3 saturated carbocycles. The average molecular weight is 331 g/mol. The molecule has 24 heavy (non-hydrogen) atoms. The van der Waals surface area contributed by atoms with Crippen molar-refractivity contribution in [3.05, 3.63) is 12.2 Å². The molecule has 0 aliphatic heterocycles. The molecule has 136 valence electrons. The zero-order valence-electron chi connectivity index (χ0n) is 16.6. The van der Waals surface area contributed by atoms with Crippen LogP contribution >= 0.6 is 0 Å². The van der Waals surface area contributed by atoms with Gasteiger partial charge in [-0.15, -0.1) is 0 Å². The van der Waals surface area contributed by atoms with Crippen molar-refractivity contribution in [3.8, 4) is 0 Å². The molecule has 1 nitrogen and oxygen atoms in total. The predicted molar refractivity (Wildman–Crippen MR) is 101 cm³/mol. The molecule has 0 bridgehead atoms. The van der Waals surface area contributed by atoms with Crippen molar-refractivity contribution in [3.63, 3.8) is 0 Å². The molecule has 3 fully saturated rings. The van der Waals surface area contributed by atoms with Gasteiger partial charge in [0.05, 0.1) is 5.60 Å². The third-order valence-electron chi connectivity index (χ3n) is 9.78. The molecule has 0 aromatic rings. The van der Waals surface area contributed by atoms with E-state index in [4.69, 9.17) is 0 Å². The third-order valence-corrected chi connectivity index (χ3v) is 9.78. The highest BCUT2D eigenvalue weighted by atomic mass is 16.3. The van der Waals surface area contributed by atoms with E-state index < -0.39 is 5.60 Å². The molecule has 4 aliphatic rings. The second-order valence-corrected chi connectivity index (χ2v) is 10.8. The molecular formula is C23H38O. The van der Waals surface area contributed by atoms with Crippen molar-refractivity contribution in [1.82, 2.24) is 0 Å². The van der Waals surface area contributed by atoms with E-state index in [2.05, 4.69) is 46.8 Å². The first-order valence-electron chi connectivity index (χ1n) is 10.6. The molecule has 0 aromatic carbocycles. The minimum Gasteiger partial charge on any atom is -0.389 e. The molecule has 0 aromatic heterocycles. The van der Waals surface area contributed by atoms with Crippen molar-refractivity contribution >= 4 is 0 Å². The summed E-state index contributed by atoms with van der Waals surface area (Å²) >= 11 is 0. The van der Waals surface area contributed by atoms with E-state index in [-0.39, 0.29) is 5.41 Å². The van der Waals surface area contributed by atoms with Crippen LogP contribution in [0, 0.1) is 39.9 Å². The Morgan fingerprint density at radius 3 is 2.38 bits per heavy atom. The van der Waals surface area contributed by atoms with E-state index in [1.54, 1.807) is 0 Å². The van der Waals surface area contributed by atoms with Crippen LogP contribution in [0.5, 0.6) is 0 Å². The first kappa shape index (κ1) is 17.1. The van der Waals surface area contributed by atoms with E-state index in [0.29, 0.717) is 10.8 Å². The lowest BCUT2D eigenvalue weighted by Gasteiger charge is -2.63. The summed E-state index contributed by atoms with van der Waals surface area (Å²) in [4.78, 5) is 0. The van der Waals surface area contributed by atoms with E-state index in [1.807, 2.05) is 0 Å². The molecule has 0 spiro atoms. The van der Waals surface area contributed by atoms with Gasteiger partial charge >= 0.3 is 0 Å². The highest BCUT2D eigenvalue weighted by molar-refractivity contribution is 5.18. The SMILES string of the molecule is CC[C@@]1(O)CC[C@H]2[C@@H]3CC[C@H]4C(C)(C)C=CC[C@]4(C)[C@H]3CC[C@@]21C. The predicted octanol–water partition coefficient (Wildman–Crippen LogP) is 5.97. The number of aliphatic hydroxyl groups is 1. The number of rotatable bonds is 1. The van der Waals surface area contributed by atoms with E-state index in [1.165, 1.54) is 38.5 Å². The second kappa shape index (κ2) is 5.12. The zero-order chi connectivity index (χ0) is 17.4. The van der Waals surface area contributed by atoms with Crippen LogP contribution in [0.3, 0.4) is 0 Å². The molecule has 0 amide bonds. The first-order valence-corrected chi connectivity index (χ1v) is 10.6.